The largest absolute Gasteiger partial charge is 0.505 e. The number of benzene rings is 1. The zero-order chi connectivity index (χ0) is 11.7. The summed E-state index contributed by atoms with van der Waals surface area (Å²) in [6, 6.07) is 4.12. The number of hydrogen-bond donors (Lipinski definition) is 1. The van der Waals surface area contributed by atoms with Crippen molar-refractivity contribution in [3.8, 4) is 5.75 Å². The van der Waals surface area contributed by atoms with Crippen molar-refractivity contribution in [3.63, 3.8) is 0 Å². The summed E-state index contributed by atoms with van der Waals surface area (Å²) < 4.78 is 26.9. The lowest BCUT2D eigenvalue weighted by Crippen LogP contribution is -2.38. The third kappa shape index (κ3) is 2.16. The summed E-state index contributed by atoms with van der Waals surface area (Å²) in [5, 5.41) is 9.07. The molecule has 1 saturated heterocycles. The number of aromatic hydroxyl groups is 1. The molecule has 0 radical (unpaired) electrons. The van der Waals surface area contributed by atoms with Crippen LogP contribution < -0.4 is 0 Å². The minimum Gasteiger partial charge on any atom is -0.505 e. The second-order valence-electron chi connectivity index (χ2n) is 4.38. The number of phenols is 1. The van der Waals surface area contributed by atoms with Gasteiger partial charge in [-0.1, -0.05) is 6.07 Å². The van der Waals surface area contributed by atoms with Gasteiger partial charge in [0.1, 0.15) is 6.17 Å². The fourth-order valence-corrected chi connectivity index (χ4v) is 2.19. The first-order valence-electron chi connectivity index (χ1n) is 5.39. The molecule has 88 valence electrons. The Morgan fingerprint density at radius 2 is 2.19 bits per heavy atom. The topological polar surface area (TPSA) is 23.5 Å². The molecule has 0 amide bonds. The molecule has 0 aliphatic carbocycles. The van der Waals surface area contributed by atoms with Gasteiger partial charge in [-0.3, -0.25) is 0 Å². The van der Waals surface area contributed by atoms with Gasteiger partial charge in [0.25, 0.3) is 0 Å². The van der Waals surface area contributed by atoms with Crippen LogP contribution in [0.2, 0.25) is 0 Å². The molecule has 0 aromatic heterocycles. The molecule has 1 aliphatic heterocycles. The summed E-state index contributed by atoms with van der Waals surface area (Å²) >= 11 is 0. The fraction of sp³-hybridized carbons (Fsp3) is 0.500. The molecule has 0 bridgehead atoms. The van der Waals surface area contributed by atoms with Gasteiger partial charge in [0.05, 0.1) is 0 Å². The summed E-state index contributed by atoms with van der Waals surface area (Å²) in [7, 11) is 1.88. The Hall–Kier alpha value is -1.16. The van der Waals surface area contributed by atoms with Gasteiger partial charge in [-0.2, -0.15) is 0 Å². The van der Waals surface area contributed by atoms with Crippen LogP contribution in [0.1, 0.15) is 17.9 Å². The normalized spacial score (nSPS) is 26.9. The number of piperidine rings is 1. The molecule has 2 nitrogen and oxygen atoms in total. The van der Waals surface area contributed by atoms with Gasteiger partial charge in [0.15, 0.2) is 11.6 Å². The number of rotatable bonds is 1. The summed E-state index contributed by atoms with van der Waals surface area (Å²) in [6.07, 6.45) is -0.287. The van der Waals surface area contributed by atoms with Gasteiger partial charge in [-0.15, -0.1) is 0 Å². The van der Waals surface area contributed by atoms with Crippen molar-refractivity contribution in [2.45, 2.75) is 18.5 Å². The molecule has 1 N–H and O–H groups in total. The molecule has 16 heavy (non-hydrogen) atoms. The lowest BCUT2D eigenvalue weighted by atomic mass is 9.88. The molecule has 0 saturated carbocycles. The van der Waals surface area contributed by atoms with Gasteiger partial charge < -0.3 is 10.0 Å². The Bertz CT molecular complexity index is 383. The zero-order valence-electron chi connectivity index (χ0n) is 9.16. The van der Waals surface area contributed by atoms with Crippen LogP contribution in [0.3, 0.4) is 0 Å². The van der Waals surface area contributed by atoms with E-state index in [0.717, 1.165) is 6.54 Å². The smallest absolute Gasteiger partial charge is 0.165 e. The van der Waals surface area contributed by atoms with E-state index in [0.29, 0.717) is 18.5 Å². The first-order valence-corrected chi connectivity index (χ1v) is 5.39. The number of alkyl halides is 1. The molecular formula is C12H15F2NO. The number of hydrogen-bond acceptors (Lipinski definition) is 2. The van der Waals surface area contributed by atoms with Crippen molar-refractivity contribution in [2.75, 3.05) is 20.1 Å². The Balaban J connectivity index is 2.20. The molecule has 1 fully saturated rings. The molecule has 2 rings (SSSR count). The summed E-state index contributed by atoms with van der Waals surface area (Å²) in [6.45, 7) is 1.20. The molecule has 1 aromatic rings. The molecule has 1 aromatic carbocycles. The fourth-order valence-electron chi connectivity index (χ4n) is 2.19. The molecule has 0 spiro atoms. The van der Waals surface area contributed by atoms with Crippen LogP contribution in [-0.2, 0) is 0 Å². The van der Waals surface area contributed by atoms with Crippen molar-refractivity contribution in [1.29, 1.82) is 0 Å². The second-order valence-corrected chi connectivity index (χ2v) is 4.38. The average Bonchev–Trinajstić information content (AvgIpc) is 2.22. The molecule has 0 unspecified atom stereocenters. The van der Waals surface area contributed by atoms with Crippen LogP contribution in [0, 0.1) is 5.82 Å². The Morgan fingerprint density at radius 3 is 2.81 bits per heavy atom. The van der Waals surface area contributed by atoms with Crippen LogP contribution in [0.4, 0.5) is 8.78 Å². The van der Waals surface area contributed by atoms with E-state index in [2.05, 4.69) is 0 Å². The summed E-state index contributed by atoms with van der Waals surface area (Å²) in [5.41, 5.74) is 0.635. The van der Waals surface area contributed by atoms with E-state index >= 15 is 0 Å². The number of halogens is 2. The molecule has 1 heterocycles. The second kappa shape index (κ2) is 4.37. The highest BCUT2D eigenvalue weighted by atomic mass is 19.1. The van der Waals surface area contributed by atoms with E-state index in [-0.39, 0.29) is 11.7 Å². The van der Waals surface area contributed by atoms with Crippen molar-refractivity contribution in [2.24, 2.45) is 0 Å². The van der Waals surface area contributed by atoms with E-state index in [1.54, 1.807) is 6.07 Å². The van der Waals surface area contributed by atoms with E-state index in [1.165, 1.54) is 12.1 Å². The van der Waals surface area contributed by atoms with Gasteiger partial charge in [-0.05, 0) is 37.7 Å². The van der Waals surface area contributed by atoms with Gasteiger partial charge >= 0.3 is 0 Å². The maximum atomic E-state index is 13.8. The van der Waals surface area contributed by atoms with Crippen LogP contribution in [0.5, 0.6) is 5.75 Å². The molecule has 2 atom stereocenters. The maximum absolute atomic E-state index is 13.8. The minimum atomic E-state index is -0.970. The lowest BCUT2D eigenvalue weighted by molar-refractivity contribution is 0.139. The maximum Gasteiger partial charge on any atom is 0.165 e. The molecular weight excluding hydrogens is 212 g/mol. The van der Waals surface area contributed by atoms with Crippen molar-refractivity contribution in [1.82, 2.24) is 4.90 Å². The summed E-state index contributed by atoms with van der Waals surface area (Å²) in [5.74, 6) is -1.32. The van der Waals surface area contributed by atoms with Gasteiger partial charge in [0.2, 0.25) is 0 Å². The van der Waals surface area contributed by atoms with Crippen LogP contribution >= 0.6 is 0 Å². The quantitative estimate of drug-likeness (QED) is 0.795. The first-order chi connectivity index (χ1) is 7.58. The molecule has 1 aliphatic rings. The predicted octanol–water partition coefficient (Wildman–Crippen LogP) is 2.29. The standard InChI is InChI=1S/C12H15F2NO/c1-15-5-4-9(11(14)7-15)8-2-3-12(16)10(13)6-8/h2-3,6,9,11,16H,4-5,7H2,1H3/t9-,11+/m1/s1. The highest BCUT2D eigenvalue weighted by molar-refractivity contribution is 5.31. The van der Waals surface area contributed by atoms with Crippen molar-refractivity contribution >= 4 is 0 Å². The minimum absolute atomic E-state index is 0.258. The van der Waals surface area contributed by atoms with Gasteiger partial charge in [0, 0.05) is 12.5 Å². The number of phenolic OH excluding ortho intramolecular Hbond substituents is 1. The van der Waals surface area contributed by atoms with E-state index in [1.807, 2.05) is 11.9 Å². The number of likely N-dealkylation sites (tertiary alicyclic amines) is 1. The first kappa shape index (κ1) is 11.3. The van der Waals surface area contributed by atoms with Crippen LogP contribution in [0.25, 0.3) is 0 Å². The lowest BCUT2D eigenvalue weighted by Gasteiger charge is -2.32. The highest BCUT2D eigenvalue weighted by Gasteiger charge is 2.29. The van der Waals surface area contributed by atoms with Crippen LogP contribution in [0.15, 0.2) is 18.2 Å². The molecule has 4 heteroatoms. The Morgan fingerprint density at radius 1 is 1.44 bits per heavy atom. The Kier molecular flexibility index (Phi) is 3.10. The van der Waals surface area contributed by atoms with E-state index in [4.69, 9.17) is 5.11 Å². The highest BCUT2D eigenvalue weighted by Crippen LogP contribution is 2.31. The monoisotopic (exact) mass is 227 g/mol. The third-order valence-corrected chi connectivity index (χ3v) is 3.14. The van der Waals surface area contributed by atoms with Crippen LogP contribution in [-0.4, -0.2) is 36.3 Å². The number of nitrogens with zero attached hydrogens (tertiary/aromatic N) is 1. The van der Waals surface area contributed by atoms with Crippen molar-refractivity contribution in [3.05, 3.63) is 29.6 Å². The van der Waals surface area contributed by atoms with Crippen molar-refractivity contribution < 1.29 is 13.9 Å². The average molecular weight is 227 g/mol. The van der Waals surface area contributed by atoms with Gasteiger partial charge in [-0.25, -0.2) is 8.78 Å². The van der Waals surface area contributed by atoms with E-state index in [9.17, 15) is 8.78 Å². The SMILES string of the molecule is CN1CC[C@H](c2ccc(O)c(F)c2)[C@@H](F)C1. The third-order valence-electron chi connectivity index (χ3n) is 3.14. The Labute approximate surface area is 93.5 Å². The van der Waals surface area contributed by atoms with E-state index < -0.39 is 12.0 Å². The zero-order valence-corrected chi connectivity index (χ0v) is 9.16. The predicted molar refractivity (Wildman–Crippen MR) is 57.8 cm³/mol. The summed E-state index contributed by atoms with van der Waals surface area (Å²) in [4.78, 5) is 1.93.